The van der Waals surface area contributed by atoms with E-state index in [1.54, 1.807) is 30.3 Å². The standard InChI is InChI=1S/C22H25ClO5/c23-20-8-5-15(21-11-17(25)10-18(12-24)28-21)9-19(20)22(26,27)16-6-3-14(4-7-16)13-1-2-13/h3-9,13,17-18,21,24-27H,1-2,10-12H2. The van der Waals surface area contributed by atoms with Crippen molar-refractivity contribution in [3.8, 4) is 0 Å². The lowest BCUT2D eigenvalue weighted by atomic mass is 9.91. The van der Waals surface area contributed by atoms with Crippen molar-refractivity contribution in [2.24, 2.45) is 0 Å². The van der Waals surface area contributed by atoms with E-state index in [9.17, 15) is 20.4 Å². The molecule has 0 bridgehead atoms. The van der Waals surface area contributed by atoms with Crippen LogP contribution in [0.2, 0.25) is 5.02 Å². The van der Waals surface area contributed by atoms with Crippen LogP contribution in [0.1, 0.15) is 60.0 Å². The summed E-state index contributed by atoms with van der Waals surface area (Å²) in [6, 6.07) is 12.3. The molecule has 0 spiro atoms. The molecule has 5 nitrogen and oxygen atoms in total. The third kappa shape index (κ3) is 3.96. The minimum Gasteiger partial charge on any atom is -0.394 e. The molecule has 4 rings (SSSR count). The minimum absolute atomic E-state index is 0.162. The van der Waals surface area contributed by atoms with Crippen LogP contribution in [0.5, 0.6) is 0 Å². The molecule has 150 valence electrons. The first-order chi connectivity index (χ1) is 13.4. The minimum atomic E-state index is -2.25. The Morgan fingerprint density at radius 1 is 1.00 bits per heavy atom. The van der Waals surface area contributed by atoms with E-state index in [1.807, 2.05) is 12.1 Å². The SMILES string of the molecule is OCC1CC(O)CC(c2ccc(Cl)c(C(O)(O)c3ccc(C4CC4)cc3)c2)O1. The normalized spacial score (nSPS) is 25.7. The van der Waals surface area contributed by atoms with Gasteiger partial charge in [-0.15, -0.1) is 0 Å². The number of aliphatic hydroxyl groups excluding tert-OH is 2. The average molecular weight is 405 g/mol. The van der Waals surface area contributed by atoms with Gasteiger partial charge in [0, 0.05) is 29.0 Å². The van der Waals surface area contributed by atoms with Crippen LogP contribution in [-0.4, -0.2) is 39.2 Å². The van der Waals surface area contributed by atoms with E-state index in [4.69, 9.17) is 16.3 Å². The molecule has 0 aromatic heterocycles. The van der Waals surface area contributed by atoms with Gasteiger partial charge >= 0.3 is 0 Å². The third-order valence-electron chi connectivity index (χ3n) is 5.68. The quantitative estimate of drug-likeness (QED) is 0.575. The van der Waals surface area contributed by atoms with Crippen LogP contribution in [0.15, 0.2) is 42.5 Å². The Morgan fingerprint density at radius 2 is 1.68 bits per heavy atom. The van der Waals surface area contributed by atoms with Crippen LogP contribution in [0, 0.1) is 0 Å². The summed E-state index contributed by atoms with van der Waals surface area (Å²) in [5.74, 6) is -1.67. The fraction of sp³-hybridized carbons (Fsp3) is 0.455. The first-order valence-corrected chi connectivity index (χ1v) is 10.1. The molecule has 4 N–H and O–H groups in total. The van der Waals surface area contributed by atoms with Crippen molar-refractivity contribution in [3.63, 3.8) is 0 Å². The second-order valence-corrected chi connectivity index (χ2v) is 8.27. The Hall–Kier alpha value is -1.47. The largest absolute Gasteiger partial charge is 0.394 e. The predicted molar refractivity (Wildman–Crippen MR) is 105 cm³/mol. The Bertz CT molecular complexity index is 831. The van der Waals surface area contributed by atoms with Crippen molar-refractivity contribution in [3.05, 3.63) is 69.7 Å². The van der Waals surface area contributed by atoms with Gasteiger partial charge in [0.2, 0.25) is 5.79 Å². The molecular formula is C22H25ClO5. The maximum Gasteiger partial charge on any atom is 0.218 e. The van der Waals surface area contributed by atoms with Crippen LogP contribution in [0.25, 0.3) is 0 Å². The van der Waals surface area contributed by atoms with Crippen LogP contribution in [-0.2, 0) is 10.5 Å². The Kier molecular flexibility index (Phi) is 5.49. The number of rotatable bonds is 5. The summed E-state index contributed by atoms with van der Waals surface area (Å²) in [6.07, 6.45) is 1.62. The molecule has 3 atom stereocenters. The molecule has 2 aromatic carbocycles. The van der Waals surface area contributed by atoms with E-state index >= 15 is 0 Å². The molecule has 1 aliphatic carbocycles. The van der Waals surface area contributed by atoms with Crippen molar-refractivity contribution in [1.29, 1.82) is 0 Å². The second-order valence-electron chi connectivity index (χ2n) is 7.86. The van der Waals surface area contributed by atoms with E-state index in [0.29, 0.717) is 29.9 Å². The molecular weight excluding hydrogens is 380 g/mol. The molecule has 1 saturated heterocycles. The molecule has 1 aliphatic heterocycles. The van der Waals surface area contributed by atoms with Gasteiger partial charge in [0.1, 0.15) is 0 Å². The number of hydrogen-bond donors (Lipinski definition) is 4. The van der Waals surface area contributed by atoms with Crippen LogP contribution in [0.3, 0.4) is 0 Å². The number of benzene rings is 2. The average Bonchev–Trinajstić information content (AvgIpc) is 3.53. The third-order valence-corrected chi connectivity index (χ3v) is 6.01. The highest BCUT2D eigenvalue weighted by atomic mass is 35.5. The summed E-state index contributed by atoms with van der Waals surface area (Å²) in [4.78, 5) is 0. The van der Waals surface area contributed by atoms with Gasteiger partial charge in [0.25, 0.3) is 0 Å². The van der Waals surface area contributed by atoms with Gasteiger partial charge in [-0.3, -0.25) is 0 Å². The van der Waals surface area contributed by atoms with Gasteiger partial charge in [0.05, 0.1) is 24.9 Å². The maximum atomic E-state index is 10.9. The van der Waals surface area contributed by atoms with E-state index < -0.39 is 24.1 Å². The van der Waals surface area contributed by atoms with Gasteiger partial charge in [-0.25, -0.2) is 0 Å². The molecule has 1 heterocycles. The molecule has 0 amide bonds. The molecule has 6 heteroatoms. The smallest absolute Gasteiger partial charge is 0.218 e. The summed E-state index contributed by atoms with van der Waals surface area (Å²) >= 11 is 6.30. The number of ether oxygens (including phenoxy) is 1. The lowest BCUT2D eigenvalue weighted by Gasteiger charge is -2.33. The van der Waals surface area contributed by atoms with Crippen LogP contribution >= 0.6 is 11.6 Å². The van der Waals surface area contributed by atoms with Crippen molar-refractivity contribution in [1.82, 2.24) is 0 Å². The van der Waals surface area contributed by atoms with Crippen molar-refractivity contribution >= 4 is 11.6 Å². The van der Waals surface area contributed by atoms with Gasteiger partial charge in [-0.05, 0) is 42.0 Å². The first kappa shape index (κ1) is 19.8. The Labute approximate surface area is 169 Å². The first-order valence-electron chi connectivity index (χ1n) is 9.68. The van der Waals surface area contributed by atoms with Gasteiger partial charge in [-0.1, -0.05) is 41.9 Å². The Morgan fingerprint density at radius 3 is 2.32 bits per heavy atom. The lowest BCUT2D eigenvalue weighted by molar-refractivity contribution is -0.132. The summed E-state index contributed by atoms with van der Waals surface area (Å²) in [6.45, 7) is -0.175. The van der Waals surface area contributed by atoms with Crippen molar-refractivity contribution < 1.29 is 25.2 Å². The highest BCUT2D eigenvalue weighted by Gasteiger charge is 2.34. The van der Waals surface area contributed by atoms with E-state index in [0.717, 1.165) is 0 Å². The summed E-state index contributed by atoms with van der Waals surface area (Å²) in [5.41, 5.74) is 2.39. The van der Waals surface area contributed by atoms with Gasteiger partial charge < -0.3 is 25.2 Å². The highest BCUT2D eigenvalue weighted by Crippen LogP contribution is 2.41. The fourth-order valence-electron chi connectivity index (χ4n) is 3.89. The van der Waals surface area contributed by atoms with Crippen LogP contribution in [0.4, 0.5) is 0 Å². The lowest BCUT2D eigenvalue weighted by Crippen LogP contribution is -2.34. The zero-order valence-corrected chi connectivity index (χ0v) is 16.2. The second kappa shape index (κ2) is 7.75. The summed E-state index contributed by atoms with van der Waals surface area (Å²) < 4.78 is 5.84. The zero-order chi connectivity index (χ0) is 19.9. The number of halogens is 1. The molecule has 1 saturated carbocycles. The van der Waals surface area contributed by atoms with Crippen molar-refractivity contribution in [2.75, 3.05) is 6.61 Å². The molecule has 3 unspecified atom stereocenters. The summed E-state index contributed by atoms with van der Waals surface area (Å²) in [5, 5.41) is 41.5. The van der Waals surface area contributed by atoms with E-state index in [1.165, 1.54) is 18.4 Å². The summed E-state index contributed by atoms with van der Waals surface area (Å²) in [7, 11) is 0. The predicted octanol–water partition coefficient (Wildman–Crippen LogP) is 2.98. The van der Waals surface area contributed by atoms with Crippen molar-refractivity contribution in [2.45, 2.75) is 55.7 Å². The van der Waals surface area contributed by atoms with Gasteiger partial charge in [-0.2, -0.15) is 0 Å². The highest BCUT2D eigenvalue weighted by molar-refractivity contribution is 6.31. The number of aliphatic hydroxyl groups is 4. The van der Waals surface area contributed by atoms with E-state index in [-0.39, 0.29) is 17.2 Å². The topological polar surface area (TPSA) is 90.2 Å². The molecule has 0 radical (unpaired) electrons. The maximum absolute atomic E-state index is 10.9. The molecule has 2 fully saturated rings. The zero-order valence-electron chi connectivity index (χ0n) is 15.5. The van der Waals surface area contributed by atoms with Gasteiger partial charge in [0.15, 0.2) is 0 Å². The molecule has 2 aromatic rings. The monoisotopic (exact) mass is 404 g/mol. The van der Waals surface area contributed by atoms with Crippen LogP contribution < -0.4 is 0 Å². The van der Waals surface area contributed by atoms with E-state index in [2.05, 4.69) is 0 Å². The molecule has 28 heavy (non-hydrogen) atoms. The fourth-order valence-corrected chi connectivity index (χ4v) is 4.14. The molecule has 2 aliphatic rings. The number of hydrogen-bond acceptors (Lipinski definition) is 5. The Balaban J connectivity index is 1.63.